The molecular formula is C22H23N3O2. The summed E-state index contributed by atoms with van der Waals surface area (Å²) < 4.78 is 5.81. The van der Waals surface area contributed by atoms with Crippen LogP contribution in [0.25, 0.3) is 22.2 Å². The molecule has 0 unspecified atom stereocenters. The zero-order valence-corrected chi connectivity index (χ0v) is 15.7. The van der Waals surface area contributed by atoms with Gasteiger partial charge in [0.15, 0.2) is 11.5 Å². The minimum Gasteiger partial charge on any atom is -0.385 e. The molecule has 0 radical (unpaired) electrons. The Morgan fingerprint density at radius 1 is 1.30 bits per heavy atom. The van der Waals surface area contributed by atoms with Crippen molar-refractivity contribution in [2.45, 2.75) is 26.7 Å². The zero-order chi connectivity index (χ0) is 18.5. The second kappa shape index (κ2) is 6.12. The van der Waals surface area contributed by atoms with Gasteiger partial charge in [0, 0.05) is 36.4 Å². The summed E-state index contributed by atoms with van der Waals surface area (Å²) in [6.07, 6.45) is 2.43. The second-order valence-electron chi connectivity index (χ2n) is 7.65. The van der Waals surface area contributed by atoms with Crippen LogP contribution in [-0.4, -0.2) is 30.6 Å². The number of anilines is 2. The van der Waals surface area contributed by atoms with Crippen LogP contribution in [0.2, 0.25) is 0 Å². The summed E-state index contributed by atoms with van der Waals surface area (Å²) in [6, 6.07) is 9.74. The topological polar surface area (TPSA) is 58.4 Å². The molecular weight excluding hydrogens is 338 g/mol. The Bertz CT molecular complexity index is 1050. The number of hydrogen-bond donors (Lipinski definition) is 1. The summed E-state index contributed by atoms with van der Waals surface area (Å²) >= 11 is 0. The number of fused-ring (bicyclic) bond motifs is 2. The zero-order valence-electron chi connectivity index (χ0n) is 15.7. The summed E-state index contributed by atoms with van der Waals surface area (Å²) in [5, 5.41) is 8.69. The third-order valence-corrected chi connectivity index (χ3v) is 5.74. The number of rotatable bonds is 3. The lowest BCUT2D eigenvalue weighted by Gasteiger charge is -2.33. The van der Waals surface area contributed by atoms with E-state index < -0.39 is 0 Å². The van der Waals surface area contributed by atoms with Gasteiger partial charge in [-0.25, -0.2) is 0 Å². The van der Waals surface area contributed by atoms with Gasteiger partial charge in [0.2, 0.25) is 0 Å². The Kier molecular flexibility index (Phi) is 3.71. The molecule has 2 heterocycles. The van der Waals surface area contributed by atoms with Gasteiger partial charge < -0.3 is 14.7 Å². The summed E-state index contributed by atoms with van der Waals surface area (Å²) in [4.78, 5) is 15.7. The molecule has 1 fully saturated rings. The monoisotopic (exact) mass is 361 g/mol. The highest BCUT2D eigenvalue weighted by Gasteiger charge is 2.33. The number of ketones is 1. The van der Waals surface area contributed by atoms with Crippen molar-refractivity contribution >= 4 is 28.1 Å². The molecule has 1 saturated heterocycles. The molecule has 3 aromatic rings. The molecule has 1 aliphatic heterocycles. The van der Waals surface area contributed by atoms with Crippen LogP contribution < -0.4 is 10.2 Å². The Labute approximate surface area is 158 Å². The fraction of sp³-hybridized carbons (Fsp3) is 0.364. The summed E-state index contributed by atoms with van der Waals surface area (Å²) in [7, 11) is 0. The predicted molar refractivity (Wildman–Crippen MR) is 108 cm³/mol. The lowest BCUT2D eigenvalue weighted by atomic mass is 9.86. The van der Waals surface area contributed by atoms with Gasteiger partial charge >= 0.3 is 0 Å². The van der Waals surface area contributed by atoms with Gasteiger partial charge in [-0.1, -0.05) is 36.3 Å². The van der Waals surface area contributed by atoms with Crippen molar-refractivity contribution in [2.75, 3.05) is 29.9 Å². The molecule has 1 aliphatic carbocycles. The molecule has 1 N–H and O–H groups in total. The van der Waals surface area contributed by atoms with Gasteiger partial charge in [-0.05, 0) is 31.7 Å². The molecule has 5 rings (SSSR count). The van der Waals surface area contributed by atoms with Crippen molar-refractivity contribution in [3.05, 3.63) is 41.5 Å². The molecule has 0 spiro atoms. The van der Waals surface area contributed by atoms with E-state index in [2.05, 4.69) is 35.3 Å². The fourth-order valence-electron chi connectivity index (χ4n) is 4.52. The van der Waals surface area contributed by atoms with Crippen molar-refractivity contribution < 1.29 is 9.32 Å². The van der Waals surface area contributed by atoms with Crippen LogP contribution in [0.5, 0.6) is 0 Å². The minimum absolute atomic E-state index is 0.0424. The van der Waals surface area contributed by atoms with Gasteiger partial charge in [0.1, 0.15) is 5.52 Å². The number of nitrogens with zero attached hydrogens (tertiary/aromatic N) is 2. The van der Waals surface area contributed by atoms with Crippen molar-refractivity contribution in [2.24, 2.45) is 5.92 Å². The quantitative estimate of drug-likeness (QED) is 0.573. The largest absolute Gasteiger partial charge is 0.385 e. The molecule has 27 heavy (non-hydrogen) atoms. The van der Waals surface area contributed by atoms with E-state index in [-0.39, 0.29) is 5.78 Å². The van der Waals surface area contributed by atoms with Gasteiger partial charge in [-0.15, -0.1) is 0 Å². The Morgan fingerprint density at radius 2 is 2.11 bits per heavy atom. The molecule has 5 heteroatoms. The molecule has 5 nitrogen and oxygen atoms in total. The number of hydrogen-bond acceptors (Lipinski definition) is 5. The first-order chi connectivity index (χ1) is 13.2. The van der Waals surface area contributed by atoms with Crippen molar-refractivity contribution in [3.8, 4) is 11.3 Å². The van der Waals surface area contributed by atoms with E-state index in [1.807, 2.05) is 24.3 Å². The van der Waals surface area contributed by atoms with Crippen LogP contribution >= 0.6 is 0 Å². The van der Waals surface area contributed by atoms with Gasteiger partial charge in [-0.2, -0.15) is 0 Å². The average Bonchev–Trinajstić information content (AvgIpc) is 3.12. The highest BCUT2D eigenvalue weighted by Crippen LogP contribution is 2.46. The van der Waals surface area contributed by atoms with Crippen LogP contribution in [0, 0.1) is 5.92 Å². The standard InChI is InChI=1S/C22H23N3O2/c1-3-23-16-11-17(25-10-6-7-13(2)12-25)20-19-18(16)21(26)14-8-4-5-9-15(14)22(19)27-24-20/h4-5,8-9,11,13,23H,3,6-7,10,12H2,1-2H3/t13-/m0/s1. The maximum absolute atomic E-state index is 13.3. The molecule has 138 valence electrons. The molecule has 2 aromatic carbocycles. The highest BCUT2D eigenvalue weighted by molar-refractivity contribution is 6.28. The average molecular weight is 361 g/mol. The van der Waals surface area contributed by atoms with E-state index in [0.29, 0.717) is 22.8 Å². The molecule has 1 atom stereocenters. The molecule has 1 aromatic heterocycles. The van der Waals surface area contributed by atoms with Gasteiger partial charge in [0.05, 0.1) is 16.6 Å². The maximum atomic E-state index is 13.3. The lowest BCUT2D eigenvalue weighted by molar-refractivity contribution is 0.104. The third-order valence-electron chi connectivity index (χ3n) is 5.74. The summed E-state index contributed by atoms with van der Waals surface area (Å²) in [6.45, 7) is 7.11. The van der Waals surface area contributed by atoms with E-state index in [1.165, 1.54) is 12.8 Å². The number of piperidine rings is 1. The Morgan fingerprint density at radius 3 is 2.89 bits per heavy atom. The number of aromatic nitrogens is 1. The number of benzene rings is 2. The highest BCUT2D eigenvalue weighted by atomic mass is 16.5. The SMILES string of the molecule is CCNc1cc(N2CCC[C@H](C)C2)c2noc3c2c1C(=O)c1ccccc1-3. The van der Waals surface area contributed by atoms with Crippen LogP contribution in [0.4, 0.5) is 11.4 Å². The minimum atomic E-state index is 0.0424. The maximum Gasteiger partial charge on any atom is 0.196 e. The van der Waals surface area contributed by atoms with Crippen molar-refractivity contribution in [1.29, 1.82) is 0 Å². The van der Waals surface area contributed by atoms with Gasteiger partial charge in [-0.3, -0.25) is 4.79 Å². The number of carbonyl (C=O) groups excluding carboxylic acids is 1. The van der Waals surface area contributed by atoms with Crippen LogP contribution in [0.15, 0.2) is 34.9 Å². The Hall–Kier alpha value is -2.82. The lowest BCUT2D eigenvalue weighted by Crippen LogP contribution is -2.34. The number of carbonyl (C=O) groups is 1. The fourth-order valence-corrected chi connectivity index (χ4v) is 4.52. The summed E-state index contributed by atoms with van der Waals surface area (Å²) in [5.74, 6) is 1.40. The molecule has 0 amide bonds. The predicted octanol–water partition coefficient (Wildman–Crippen LogP) is 4.71. The first-order valence-corrected chi connectivity index (χ1v) is 9.78. The number of nitrogens with one attached hydrogen (secondary N) is 1. The van der Waals surface area contributed by atoms with E-state index in [1.54, 1.807) is 0 Å². The van der Waals surface area contributed by atoms with E-state index in [4.69, 9.17) is 4.52 Å². The van der Waals surface area contributed by atoms with Crippen molar-refractivity contribution in [1.82, 2.24) is 5.16 Å². The molecule has 0 bridgehead atoms. The van der Waals surface area contributed by atoms with E-state index >= 15 is 0 Å². The smallest absolute Gasteiger partial charge is 0.196 e. The third kappa shape index (κ3) is 2.37. The van der Waals surface area contributed by atoms with E-state index in [9.17, 15) is 4.79 Å². The van der Waals surface area contributed by atoms with Crippen LogP contribution in [0.1, 0.15) is 42.6 Å². The Balaban J connectivity index is 1.80. The summed E-state index contributed by atoms with van der Waals surface area (Å²) in [5.41, 5.74) is 4.96. The van der Waals surface area contributed by atoms with Gasteiger partial charge in [0.25, 0.3) is 0 Å². The van der Waals surface area contributed by atoms with E-state index in [0.717, 1.165) is 47.5 Å². The van der Waals surface area contributed by atoms with Crippen LogP contribution in [-0.2, 0) is 0 Å². The first-order valence-electron chi connectivity index (χ1n) is 9.78. The van der Waals surface area contributed by atoms with Crippen molar-refractivity contribution in [3.63, 3.8) is 0 Å². The molecule has 0 saturated carbocycles. The second-order valence-corrected chi connectivity index (χ2v) is 7.65. The first kappa shape index (κ1) is 16.4. The molecule has 2 aliphatic rings. The normalized spacial score (nSPS) is 18.7. The van der Waals surface area contributed by atoms with Crippen LogP contribution in [0.3, 0.4) is 0 Å².